The third-order valence-corrected chi connectivity index (χ3v) is 4.59. The molecule has 0 fully saturated rings. The Balaban J connectivity index is 1.75. The first kappa shape index (κ1) is 20.0. The van der Waals surface area contributed by atoms with Crippen LogP contribution in [0.3, 0.4) is 0 Å². The van der Waals surface area contributed by atoms with Crippen LogP contribution in [0.4, 0.5) is 11.4 Å². The van der Waals surface area contributed by atoms with Crippen LogP contribution in [0.25, 0.3) is 0 Å². The molecule has 0 heterocycles. The fourth-order valence-corrected chi connectivity index (χ4v) is 2.93. The molecule has 0 radical (unpaired) electrons. The summed E-state index contributed by atoms with van der Waals surface area (Å²) in [7, 11) is 0. The Bertz CT molecular complexity index is 732. The molecular formula is C20H25N3O2S. The van der Waals surface area contributed by atoms with Crippen molar-refractivity contribution in [1.29, 1.82) is 0 Å². The third kappa shape index (κ3) is 6.90. The highest BCUT2D eigenvalue weighted by atomic mass is 32.2. The lowest BCUT2D eigenvalue weighted by atomic mass is 10.1. The van der Waals surface area contributed by atoms with Crippen LogP contribution in [0.5, 0.6) is 0 Å². The number of benzene rings is 2. The first-order valence-corrected chi connectivity index (χ1v) is 9.76. The SMILES string of the molecule is CCNCc1ccccc1NC(=O)CSCC(=O)Nc1ccc(C)cc1. The maximum absolute atomic E-state index is 12.1. The maximum Gasteiger partial charge on any atom is 0.234 e. The highest BCUT2D eigenvalue weighted by Gasteiger charge is 2.08. The third-order valence-electron chi connectivity index (χ3n) is 3.66. The lowest BCUT2D eigenvalue weighted by molar-refractivity contribution is -0.114. The van der Waals surface area contributed by atoms with Gasteiger partial charge in [0, 0.05) is 17.9 Å². The van der Waals surface area contributed by atoms with E-state index >= 15 is 0 Å². The van der Waals surface area contributed by atoms with Gasteiger partial charge in [0.1, 0.15) is 0 Å². The van der Waals surface area contributed by atoms with Crippen molar-refractivity contribution < 1.29 is 9.59 Å². The molecule has 2 rings (SSSR count). The number of amides is 2. The molecule has 3 N–H and O–H groups in total. The van der Waals surface area contributed by atoms with Crippen molar-refractivity contribution in [3.63, 3.8) is 0 Å². The first-order valence-electron chi connectivity index (χ1n) is 8.61. The average molecular weight is 372 g/mol. The fourth-order valence-electron chi connectivity index (χ4n) is 2.31. The molecule has 2 aromatic carbocycles. The van der Waals surface area contributed by atoms with Gasteiger partial charge in [-0.15, -0.1) is 11.8 Å². The number of hydrogen-bond donors (Lipinski definition) is 3. The second kappa shape index (κ2) is 10.6. The lowest BCUT2D eigenvalue weighted by Gasteiger charge is -2.11. The quantitative estimate of drug-likeness (QED) is 0.632. The van der Waals surface area contributed by atoms with E-state index in [1.54, 1.807) is 0 Å². The Morgan fingerprint density at radius 1 is 0.923 bits per heavy atom. The zero-order valence-corrected chi connectivity index (χ0v) is 16.0. The number of anilines is 2. The lowest BCUT2D eigenvalue weighted by Crippen LogP contribution is -2.20. The van der Waals surface area contributed by atoms with E-state index in [1.165, 1.54) is 11.8 Å². The van der Waals surface area contributed by atoms with Crippen LogP contribution < -0.4 is 16.0 Å². The fraction of sp³-hybridized carbons (Fsp3) is 0.300. The van der Waals surface area contributed by atoms with Crippen LogP contribution in [0, 0.1) is 6.92 Å². The van der Waals surface area contributed by atoms with Gasteiger partial charge in [0.25, 0.3) is 0 Å². The molecule has 6 heteroatoms. The van der Waals surface area contributed by atoms with Gasteiger partial charge in [-0.1, -0.05) is 42.8 Å². The first-order chi connectivity index (χ1) is 12.6. The smallest absolute Gasteiger partial charge is 0.234 e. The van der Waals surface area contributed by atoms with Crippen LogP contribution in [-0.4, -0.2) is 29.9 Å². The molecule has 2 amide bonds. The Morgan fingerprint density at radius 3 is 2.27 bits per heavy atom. The standard InChI is InChI=1S/C20H25N3O2S/c1-3-21-12-16-6-4-5-7-18(16)23-20(25)14-26-13-19(24)22-17-10-8-15(2)9-11-17/h4-11,21H,3,12-14H2,1-2H3,(H,22,24)(H,23,25). The highest BCUT2D eigenvalue weighted by Crippen LogP contribution is 2.15. The predicted octanol–water partition coefficient (Wildman–Crippen LogP) is 3.41. The van der Waals surface area contributed by atoms with E-state index in [2.05, 4.69) is 16.0 Å². The molecule has 5 nitrogen and oxygen atoms in total. The zero-order chi connectivity index (χ0) is 18.8. The minimum absolute atomic E-state index is 0.109. The van der Waals surface area contributed by atoms with Crippen LogP contribution in [0.15, 0.2) is 48.5 Å². The van der Waals surface area contributed by atoms with Crippen molar-refractivity contribution in [3.8, 4) is 0 Å². The molecule has 0 aromatic heterocycles. The summed E-state index contributed by atoms with van der Waals surface area (Å²) in [4.78, 5) is 24.1. The number of hydrogen-bond acceptors (Lipinski definition) is 4. The van der Waals surface area contributed by atoms with Gasteiger partial charge in [-0.05, 0) is 37.2 Å². The van der Waals surface area contributed by atoms with E-state index in [-0.39, 0.29) is 23.3 Å². The van der Waals surface area contributed by atoms with Crippen molar-refractivity contribution >= 4 is 35.0 Å². The molecule has 138 valence electrons. The Morgan fingerprint density at radius 2 is 1.58 bits per heavy atom. The summed E-state index contributed by atoms with van der Waals surface area (Å²) in [6, 6.07) is 15.3. The second-order valence-corrected chi connectivity index (χ2v) is 6.88. The van der Waals surface area contributed by atoms with Crippen LogP contribution in [0.2, 0.25) is 0 Å². The van der Waals surface area contributed by atoms with Crippen molar-refractivity contribution in [2.75, 3.05) is 28.7 Å². The summed E-state index contributed by atoms with van der Waals surface area (Å²) in [5.41, 5.74) is 3.76. The molecule has 2 aromatic rings. The maximum atomic E-state index is 12.1. The van der Waals surface area contributed by atoms with Gasteiger partial charge in [-0.2, -0.15) is 0 Å². The van der Waals surface area contributed by atoms with Crippen molar-refractivity contribution in [2.24, 2.45) is 0 Å². The Labute approximate surface area is 159 Å². The van der Waals surface area contributed by atoms with E-state index in [0.29, 0.717) is 6.54 Å². The minimum Gasteiger partial charge on any atom is -0.325 e. The number of carbonyl (C=O) groups is 2. The summed E-state index contributed by atoms with van der Waals surface area (Å²) < 4.78 is 0. The van der Waals surface area contributed by atoms with Gasteiger partial charge >= 0.3 is 0 Å². The molecule has 0 spiro atoms. The molecule has 0 aliphatic heterocycles. The van der Waals surface area contributed by atoms with Gasteiger partial charge in [0.2, 0.25) is 11.8 Å². The van der Waals surface area contributed by atoms with Gasteiger partial charge in [-0.3, -0.25) is 9.59 Å². The summed E-state index contributed by atoms with van der Waals surface area (Å²) in [5.74, 6) is 0.248. The van der Waals surface area contributed by atoms with E-state index in [9.17, 15) is 9.59 Å². The molecule has 0 aliphatic carbocycles. The Kier molecular flexibility index (Phi) is 8.18. The zero-order valence-electron chi connectivity index (χ0n) is 15.2. The molecule has 0 bridgehead atoms. The monoisotopic (exact) mass is 371 g/mol. The number of rotatable bonds is 9. The average Bonchev–Trinajstić information content (AvgIpc) is 2.63. The van der Waals surface area contributed by atoms with Gasteiger partial charge in [-0.25, -0.2) is 0 Å². The number of nitrogens with one attached hydrogen (secondary N) is 3. The van der Waals surface area contributed by atoms with Crippen LogP contribution in [-0.2, 0) is 16.1 Å². The predicted molar refractivity (Wildman–Crippen MR) is 110 cm³/mol. The minimum atomic E-state index is -0.112. The number of aryl methyl sites for hydroxylation is 1. The normalized spacial score (nSPS) is 10.4. The van der Waals surface area contributed by atoms with E-state index < -0.39 is 0 Å². The van der Waals surface area contributed by atoms with Crippen LogP contribution >= 0.6 is 11.8 Å². The second-order valence-electron chi connectivity index (χ2n) is 5.89. The molecule has 0 unspecified atom stereocenters. The van der Waals surface area contributed by atoms with Crippen molar-refractivity contribution in [2.45, 2.75) is 20.4 Å². The molecule has 0 saturated heterocycles. The summed E-state index contributed by atoms with van der Waals surface area (Å²) >= 11 is 1.30. The van der Waals surface area contributed by atoms with E-state index in [0.717, 1.165) is 29.0 Å². The molecule has 0 atom stereocenters. The van der Waals surface area contributed by atoms with Gasteiger partial charge in [0.15, 0.2) is 0 Å². The largest absolute Gasteiger partial charge is 0.325 e. The van der Waals surface area contributed by atoms with E-state index in [1.807, 2.05) is 62.4 Å². The van der Waals surface area contributed by atoms with E-state index in [4.69, 9.17) is 0 Å². The molecular weight excluding hydrogens is 346 g/mol. The molecule has 0 saturated carbocycles. The topological polar surface area (TPSA) is 70.2 Å². The summed E-state index contributed by atoms with van der Waals surface area (Å²) in [6.45, 7) is 5.61. The summed E-state index contributed by atoms with van der Waals surface area (Å²) in [5, 5.41) is 9.00. The summed E-state index contributed by atoms with van der Waals surface area (Å²) in [6.07, 6.45) is 0. The Hall–Kier alpha value is -2.31. The number of carbonyl (C=O) groups excluding carboxylic acids is 2. The van der Waals surface area contributed by atoms with Gasteiger partial charge in [0.05, 0.1) is 11.5 Å². The van der Waals surface area contributed by atoms with Gasteiger partial charge < -0.3 is 16.0 Å². The number of thioether (sulfide) groups is 1. The molecule has 26 heavy (non-hydrogen) atoms. The van der Waals surface area contributed by atoms with Crippen molar-refractivity contribution in [3.05, 3.63) is 59.7 Å². The number of para-hydroxylation sites is 1. The van der Waals surface area contributed by atoms with Crippen LogP contribution in [0.1, 0.15) is 18.1 Å². The highest BCUT2D eigenvalue weighted by molar-refractivity contribution is 8.00. The molecule has 0 aliphatic rings. The van der Waals surface area contributed by atoms with Crippen molar-refractivity contribution in [1.82, 2.24) is 5.32 Å².